The zero-order valence-corrected chi connectivity index (χ0v) is 12.3. The second kappa shape index (κ2) is 5.45. The van der Waals surface area contributed by atoms with Gasteiger partial charge in [0.25, 0.3) is 0 Å². The number of nitrogens with one attached hydrogen (secondary N) is 1. The van der Waals surface area contributed by atoms with Crippen molar-refractivity contribution in [2.24, 2.45) is 0 Å². The average Bonchev–Trinajstić information content (AvgIpc) is 2.22. The van der Waals surface area contributed by atoms with E-state index >= 15 is 0 Å². The summed E-state index contributed by atoms with van der Waals surface area (Å²) < 4.78 is 5.16. The number of pyridine rings is 1. The quantitative estimate of drug-likeness (QED) is 0.799. The number of nitriles is 1. The number of amides is 1. The summed E-state index contributed by atoms with van der Waals surface area (Å²) in [7, 11) is 0. The summed E-state index contributed by atoms with van der Waals surface area (Å²) in [6, 6.07) is 1.97. The van der Waals surface area contributed by atoms with Gasteiger partial charge in [0.15, 0.2) is 0 Å². The first-order valence-corrected chi connectivity index (χ1v) is 6.10. The fourth-order valence-corrected chi connectivity index (χ4v) is 1.84. The molecule has 19 heavy (non-hydrogen) atoms. The van der Waals surface area contributed by atoms with Crippen molar-refractivity contribution in [2.75, 3.05) is 5.32 Å². The van der Waals surface area contributed by atoms with Gasteiger partial charge in [-0.05, 0) is 40.2 Å². The van der Waals surface area contributed by atoms with Crippen LogP contribution in [0.4, 0.5) is 10.5 Å². The molecular weight excluding hydrogens is 266 g/mol. The Hall–Kier alpha value is -1.80. The summed E-state index contributed by atoms with van der Waals surface area (Å²) in [6.45, 7) is 8.71. The topological polar surface area (TPSA) is 75.0 Å². The van der Waals surface area contributed by atoms with Crippen LogP contribution in [0.25, 0.3) is 0 Å². The van der Waals surface area contributed by atoms with Gasteiger partial charge in [-0.25, -0.2) is 9.78 Å². The predicted octanol–water partition coefficient (Wildman–Crippen LogP) is 3.57. The Bertz CT molecular complexity index is 556. The van der Waals surface area contributed by atoms with Gasteiger partial charge in [-0.1, -0.05) is 11.6 Å². The molecule has 102 valence electrons. The lowest BCUT2D eigenvalue weighted by Crippen LogP contribution is -2.28. The number of aryl methyl sites for hydroxylation is 1. The lowest BCUT2D eigenvalue weighted by atomic mass is 10.1. The molecule has 1 aromatic heterocycles. The standard InChI is InChI=1S/C13H16ClN3O2/c1-7-9(6-15)11(14)16-8(2)10(7)17-12(18)19-13(3,4)5/h1-5H3,(H,17,18). The lowest BCUT2D eigenvalue weighted by Gasteiger charge is -2.21. The van der Waals surface area contributed by atoms with Crippen LogP contribution in [0.3, 0.4) is 0 Å². The molecule has 1 rings (SSSR count). The van der Waals surface area contributed by atoms with Crippen LogP contribution in [-0.4, -0.2) is 16.7 Å². The second-order valence-electron chi connectivity index (χ2n) is 5.10. The molecule has 6 heteroatoms. The van der Waals surface area contributed by atoms with Crippen LogP contribution in [0, 0.1) is 25.2 Å². The van der Waals surface area contributed by atoms with E-state index < -0.39 is 11.7 Å². The first-order valence-electron chi connectivity index (χ1n) is 5.72. The van der Waals surface area contributed by atoms with Gasteiger partial charge in [0, 0.05) is 0 Å². The van der Waals surface area contributed by atoms with Crippen molar-refractivity contribution in [2.45, 2.75) is 40.2 Å². The molecule has 0 aliphatic heterocycles. The fourth-order valence-electron chi connectivity index (χ4n) is 1.53. The molecule has 1 aromatic rings. The van der Waals surface area contributed by atoms with Crippen LogP contribution in [0.1, 0.15) is 37.6 Å². The van der Waals surface area contributed by atoms with Crippen molar-refractivity contribution in [3.8, 4) is 6.07 Å². The number of carbonyl (C=O) groups is 1. The molecule has 0 atom stereocenters. The normalized spacial score (nSPS) is 10.8. The van der Waals surface area contributed by atoms with Crippen molar-refractivity contribution in [3.05, 3.63) is 22.0 Å². The predicted molar refractivity (Wildman–Crippen MR) is 73.3 cm³/mol. The number of carbonyl (C=O) groups excluding carboxylic acids is 1. The minimum absolute atomic E-state index is 0.132. The fraction of sp³-hybridized carbons (Fsp3) is 0.462. The molecule has 0 saturated heterocycles. The van der Waals surface area contributed by atoms with E-state index in [4.69, 9.17) is 21.6 Å². The van der Waals surface area contributed by atoms with Crippen LogP contribution in [0.2, 0.25) is 5.15 Å². The van der Waals surface area contributed by atoms with Crippen LogP contribution in [0.5, 0.6) is 0 Å². The molecule has 1 amide bonds. The van der Waals surface area contributed by atoms with E-state index in [-0.39, 0.29) is 10.7 Å². The van der Waals surface area contributed by atoms with Gasteiger partial charge in [0.05, 0.1) is 16.9 Å². The van der Waals surface area contributed by atoms with Gasteiger partial charge >= 0.3 is 6.09 Å². The highest BCUT2D eigenvalue weighted by Gasteiger charge is 2.20. The SMILES string of the molecule is Cc1nc(Cl)c(C#N)c(C)c1NC(=O)OC(C)(C)C. The Balaban J connectivity index is 3.10. The Labute approximate surface area is 117 Å². The first-order chi connectivity index (χ1) is 8.65. The molecule has 5 nitrogen and oxygen atoms in total. The van der Waals surface area contributed by atoms with E-state index in [2.05, 4.69) is 10.3 Å². The number of hydrogen-bond donors (Lipinski definition) is 1. The number of rotatable bonds is 1. The van der Waals surface area contributed by atoms with Gasteiger partial charge in [0.1, 0.15) is 16.8 Å². The van der Waals surface area contributed by atoms with E-state index in [9.17, 15) is 4.79 Å². The number of aromatic nitrogens is 1. The first kappa shape index (κ1) is 15.3. The molecule has 0 unspecified atom stereocenters. The van der Waals surface area contributed by atoms with Crippen molar-refractivity contribution in [3.63, 3.8) is 0 Å². The van der Waals surface area contributed by atoms with E-state index in [1.54, 1.807) is 34.6 Å². The summed E-state index contributed by atoms with van der Waals surface area (Å²) in [5.74, 6) is 0. The molecular formula is C13H16ClN3O2. The van der Waals surface area contributed by atoms with E-state index in [0.29, 0.717) is 16.9 Å². The molecule has 0 radical (unpaired) electrons. The number of halogens is 1. The molecule has 1 N–H and O–H groups in total. The molecule has 0 bridgehead atoms. The van der Waals surface area contributed by atoms with Crippen LogP contribution in [-0.2, 0) is 4.74 Å². The average molecular weight is 282 g/mol. The van der Waals surface area contributed by atoms with Crippen LogP contribution in [0.15, 0.2) is 0 Å². The molecule has 0 aromatic carbocycles. The van der Waals surface area contributed by atoms with Gasteiger partial charge < -0.3 is 4.74 Å². The van der Waals surface area contributed by atoms with Crippen molar-refractivity contribution < 1.29 is 9.53 Å². The molecule has 0 spiro atoms. The third kappa shape index (κ3) is 3.83. The summed E-state index contributed by atoms with van der Waals surface area (Å²) >= 11 is 5.87. The summed E-state index contributed by atoms with van der Waals surface area (Å²) in [5, 5.41) is 11.8. The Morgan fingerprint density at radius 3 is 2.47 bits per heavy atom. The lowest BCUT2D eigenvalue weighted by molar-refractivity contribution is 0.0635. The zero-order valence-electron chi connectivity index (χ0n) is 11.6. The highest BCUT2D eigenvalue weighted by atomic mass is 35.5. The maximum Gasteiger partial charge on any atom is 0.412 e. The van der Waals surface area contributed by atoms with Gasteiger partial charge in [-0.2, -0.15) is 5.26 Å². The Morgan fingerprint density at radius 1 is 1.42 bits per heavy atom. The minimum atomic E-state index is -0.593. The minimum Gasteiger partial charge on any atom is -0.444 e. The number of anilines is 1. The van der Waals surface area contributed by atoms with E-state index in [1.807, 2.05) is 6.07 Å². The smallest absolute Gasteiger partial charge is 0.412 e. The summed E-state index contributed by atoms with van der Waals surface area (Å²) in [4.78, 5) is 15.8. The Morgan fingerprint density at radius 2 is 2.00 bits per heavy atom. The molecule has 1 heterocycles. The molecule has 0 fully saturated rings. The third-order valence-corrected chi connectivity index (χ3v) is 2.60. The monoisotopic (exact) mass is 281 g/mol. The number of nitrogens with zero attached hydrogens (tertiary/aromatic N) is 2. The van der Waals surface area contributed by atoms with Gasteiger partial charge in [-0.3, -0.25) is 5.32 Å². The van der Waals surface area contributed by atoms with Crippen molar-refractivity contribution >= 4 is 23.4 Å². The van der Waals surface area contributed by atoms with E-state index in [0.717, 1.165) is 0 Å². The highest BCUT2D eigenvalue weighted by molar-refractivity contribution is 6.30. The molecule has 0 saturated carbocycles. The highest BCUT2D eigenvalue weighted by Crippen LogP contribution is 2.27. The van der Waals surface area contributed by atoms with Crippen molar-refractivity contribution in [1.29, 1.82) is 5.26 Å². The van der Waals surface area contributed by atoms with Gasteiger partial charge in [0.2, 0.25) is 0 Å². The maximum absolute atomic E-state index is 11.7. The largest absolute Gasteiger partial charge is 0.444 e. The van der Waals surface area contributed by atoms with E-state index in [1.165, 1.54) is 0 Å². The zero-order chi connectivity index (χ0) is 14.8. The molecule has 0 aliphatic rings. The number of hydrogen-bond acceptors (Lipinski definition) is 4. The summed E-state index contributed by atoms with van der Waals surface area (Å²) in [6.07, 6.45) is -0.591. The van der Waals surface area contributed by atoms with Gasteiger partial charge in [-0.15, -0.1) is 0 Å². The van der Waals surface area contributed by atoms with Crippen molar-refractivity contribution in [1.82, 2.24) is 4.98 Å². The van der Waals surface area contributed by atoms with Crippen LogP contribution < -0.4 is 5.32 Å². The third-order valence-electron chi connectivity index (χ3n) is 2.32. The Kier molecular flexibility index (Phi) is 4.38. The second-order valence-corrected chi connectivity index (χ2v) is 5.46. The molecule has 0 aliphatic carbocycles. The van der Waals surface area contributed by atoms with Crippen LogP contribution >= 0.6 is 11.6 Å². The number of ether oxygens (including phenoxy) is 1. The summed E-state index contributed by atoms with van der Waals surface area (Å²) in [5.41, 5.74) is 1.22. The maximum atomic E-state index is 11.7.